The van der Waals surface area contributed by atoms with E-state index in [9.17, 15) is 4.79 Å². The molecule has 1 unspecified atom stereocenters. The molecule has 0 spiro atoms. The molecular formula is C14H16ClO2. The standard InChI is InChI=1S/C14H16ClO2/c15-13-9-5-4-8-12(13)14(17-10-16)11-6-2-1-3-7-11/h4-5,8-9,11,14H,1-3,6-7H2. The van der Waals surface area contributed by atoms with Gasteiger partial charge in [0.1, 0.15) is 6.10 Å². The molecule has 1 atom stereocenters. The van der Waals surface area contributed by atoms with Gasteiger partial charge in [-0.15, -0.1) is 0 Å². The number of halogens is 1. The Morgan fingerprint density at radius 2 is 1.94 bits per heavy atom. The minimum absolute atomic E-state index is 0.235. The van der Waals surface area contributed by atoms with Crippen LogP contribution in [0.1, 0.15) is 43.8 Å². The van der Waals surface area contributed by atoms with E-state index in [1.54, 1.807) is 6.47 Å². The van der Waals surface area contributed by atoms with Gasteiger partial charge >= 0.3 is 6.47 Å². The summed E-state index contributed by atoms with van der Waals surface area (Å²) in [6.07, 6.45) is 5.63. The average Bonchev–Trinajstić information content (AvgIpc) is 2.38. The highest BCUT2D eigenvalue weighted by molar-refractivity contribution is 6.31. The molecule has 0 heterocycles. The third kappa shape index (κ3) is 3.01. The molecule has 0 saturated heterocycles. The molecule has 0 aliphatic heterocycles. The van der Waals surface area contributed by atoms with E-state index in [1.807, 2.05) is 24.3 Å². The fraction of sp³-hybridized carbons (Fsp3) is 0.500. The van der Waals surface area contributed by atoms with Crippen LogP contribution in [0.4, 0.5) is 0 Å². The third-order valence-corrected chi connectivity index (χ3v) is 3.81. The van der Waals surface area contributed by atoms with Crippen LogP contribution in [0, 0.1) is 5.92 Å². The smallest absolute Gasteiger partial charge is 0.418 e. The van der Waals surface area contributed by atoms with Gasteiger partial charge in [-0.1, -0.05) is 49.1 Å². The molecule has 1 saturated carbocycles. The van der Waals surface area contributed by atoms with Crippen LogP contribution < -0.4 is 0 Å². The molecule has 17 heavy (non-hydrogen) atoms. The Morgan fingerprint density at radius 1 is 1.24 bits per heavy atom. The Labute approximate surface area is 107 Å². The van der Waals surface area contributed by atoms with Crippen molar-refractivity contribution in [1.82, 2.24) is 0 Å². The van der Waals surface area contributed by atoms with Crippen molar-refractivity contribution in [3.8, 4) is 0 Å². The number of benzene rings is 1. The van der Waals surface area contributed by atoms with Gasteiger partial charge < -0.3 is 4.74 Å². The van der Waals surface area contributed by atoms with Gasteiger partial charge in [0.15, 0.2) is 0 Å². The number of hydrogen-bond donors (Lipinski definition) is 0. The molecule has 91 valence electrons. The Morgan fingerprint density at radius 3 is 2.59 bits per heavy atom. The largest absolute Gasteiger partial charge is 0.449 e. The van der Waals surface area contributed by atoms with E-state index in [0.29, 0.717) is 10.9 Å². The molecule has 0 N–H and O–H groups in total. The number of rotatable bonds is 4. The predicted molar refractivity (Wildman–Crippen MR) is 67.5 cm³/mol. The van der Waals surface area contributed by atoms with Crippen molar-refractivity contribution in [2.24, 2.45) is 5.92 Å². The molecule has 1 aromatic carbocycles. The molecule has 3 heteroatoms. The van der Waals surface area contributed by atoms with Gasteiger partial charge in [-0.25, -0.2) is 4.79 Å². The van der Waals surface area contributed by atoms with Crippen LogP contribution in [-0.2, 0) is 9.53 Å². The first kappa shape index (κ1) is 12.4. The first-order valence-electron chi connectivity index (χ1n) is 6.10. The van der Waals surface area contributed by atoms with Crippen molar-refractivity contribution in [2.45, 2.75) is 38.2 Å². The summed E-state index contributed by atoms with van der Waals surface area (Å²) in [5, 5.41) is 0.665. The molecule has 0 bridgehead atoms. The Bertz CT molecular complexity index is 372. The second-order valence-electron chi connectivity index (χ2n) is 4.54. The topological polar surface area (TPSA) is 26.3 Å². The van der Waals surface area contributed by atoms with Crippen LogP contribution in [0.15, 0.2) is 24.3 Å². The van der Waals surface area contributed by atoms with Gasteiger partial charge in [-0.2, -0.15) is 0 Å². The van der Waals surface area contributed by atoms with E-state index in [2.05, 4.69) is 0 Å². The van der Waals surface area contributed by atoms with Gasteiger partial charge in [-0.05, 0) is 18.9 Å². The van der Waals surface area contributed by atoms with Gasteiger partial charge in [0.2, 0.25) is 0 Å². The van der Waals surface area contributed by atoms with Crippen molar-refractivity contribution >= 4 is 18.1 Å². The average molecular weight is 252 g/mol. The highest BCUT2D eigenvalue weighted by Gasteiger charge is 2.27. The highest BCUT2D eigenvalue weighted by atomic mass is 35.5. The monoisotopic (exact) mass is 251 g/mol. The van der Waals surface area contributed by atoms with Crippen molar-refractivity contribution in [3.63, 3.8) is 0 Å². The highest BCUT2D eigenvalue weighted by Crippen LogP contribution is 2.38. The first-order valence-corrected chi connectivity index (χ1v) is 6.48. The van der Waals surface area contributed by atoms with Gasteiger partial charge in [0.05, 0.1) is 0 Å². The van der Waals surface area contributed by atoms with Gasteiger partial charge in [0.25, 0.3) is 0 Å². The summed E-state index contributed by atoms with van der Waals surface area (Å²) in [5.41, 5.74) is 0.907. The van der Waals surface area contributed by atoms with Crippen LogP contribution >= 0.6 is 11.6 Å². The summed E-state index contributed by atoms with van der Waals surface area (Å²) >= 11 is 6.16. The molecule has 1 aliphatic rings. The molecule has 1 radical (unpaired) electrons. The van der Waals surface area contributed by atoms with E-state index < -0.39 is 0 Å². The SMILES string of the molecule is O=[C]OC(c1ccccc1Cl)C1CCCCC1. The summed E-state index contributed by atoms with van der Waals surface area (Å²) in [6.45, 7) is 1.58. The van der Waals surface area contributed by atoms with Crippen LogP contribution in [0.25, 0.3) is 0 Å². The van der Waals surface area contributed by atoms with Crippen molar-refractivity contribution in [1.29, 1.82) is 0 Å². The van der Waals surface area contributed by atoms with Crippen LogP contribution in [-0.4, -0.2) is 6.47 Å². The van der Waals surface area contributed by atoms with Crippen LogP contribution in [0.2, 0.25) is 5.02 Å². The van der Waals surface area contributed by atoms with Crippen LogP contribution in [0.3, 0.4) is 0 Å². The summed E-state index contributed by atoms with van der Waals surface area (Å²) in [5.74, 6) is 0.380. The zero-order valence-corrected chi connectivity index (χ0v) is 10.5. The fourth-order valence-electron chi connectivity index (χ4n) is 2.61. The molecule has 1 fully saturated rings. The molecular weight excluding hydrogens is 236 g/mol. The molecule has 0 amide bonds. The second-order valence-corrected chi connectivity index (χ2v) is 4.95. The normalized spacial score (nSPS) is 18.6. The Hall–Kier alpha value is -1.02. The van der Waals surface area contributed by atoms with Crippen molar-refractivity contribution < 1.29 is 9.53 Å². The molecule has 0 aromatic heterocycles. The van der Waals surface area contributed by atoms with Crippen molar-refractivity contribution in [2.75, 3.05) is 0 Å². The Kier molecular flexibility index (Phi) is 4.43. The first-order chi connectivity index (χ1) is 8.33. The van der Waals surface area contributed by atoms with E-state index in [-0.39, 0.29) is 6.10 Å². The summed E-state index contributed by atoms with van der Waals surface area (Å²) in [7, 11) is 0. The van der Waals surface area contributed by atoms with Gasteiger partial charge in [0, 0.05) is 16.5 Å². The second kappa shape index (κ2) is 6.06. The number of carbonyl (C=O) groups excluding carboxylic acids is 1. The van der Waals surface area contributed by atoms with Crippen molar-refractivity contribution in [3.05, 3.63) is 34.9 Å². The molecule has 1 aromatic rings. The number of hydrogen-bond acceptors (Lipinski definition) is 2. The summed E-state index contributed by atoms with van der Waals surface area (Å²) in [4.78, 5) is 10.6. The lowest BCUT2D eigenvalue weighted by molar-refractivity contribution is 0.0919. The van der Waals surface area contributed by atoms with Gasteiger partial charge in [-0.3, -0.25) is 0 Å². The van der Waals surface area contributed by atoms with Crippen LogP contribution in [0.5, 0.6) is 0 Å². The Balaban J connectivity index is 2.21. The predicted octanol–water partition coefficient (Wildman–Crippen LogP) is 4.05. The quantitative estimate of drug-likeness (QED) is 0.807. The molecule has 1 aliphatic carbocycles. The van der Waals surface area contributed by atoms with E-state index >= 15 is 0 Å². The van der Waals surface area contributed by atoms with E-state index in [4.69, 9.17) is 16.3 Å². The maximum Gasteiger partial charge on any atom is 0.418 e. The maximum atomic E-state index is 10.6. The molecule has 2 nitrogen and oxygen atoms in total. The maximum absolute atomic E-state index is 10.6. The number of ether oxygens (including phenoxy) is 1. The van der Waals surface area contributed by atoms with E-state index in [0.717, 1.165) is 18.4 Å². The minimum atomic E-state index is -0.235. The zero-order chi connectivity index (χ0) is 12.1. The lowest BCUT2D eigenvalue weighted by Gasteiger charge is -2.29. The zero-order valence-electron chi connectivity index (χ0n) is 9.69. The third-order valence-electron chi connectivity index (χ3n) is 3.46. The fourth-order valence-corrected chi connectivity index (χ4v) is 2.85. The lowest BCUT2D eigenvalue weighted by Crippen LogP contribution is -2.19. The van der Waals surface area contributed by atoms with E-state index in [1.165, 1.54) is 19.3 Å². The lowest BCUT2D eigenvalue weighted by atomic mass is 9.82. The minimum Gasteiger partial charge on any atom is -0.449 e. The summed E-state index contributed by atoms with van der Waals surface area (Å²) < 4.78 is 5.16. The summed E-state index contributed by atoms with van der Waals surface area (Å²) in [6, 6.07) is 7.57. The molecule has 2 rings (SSSR count).